The smallest absolute Gasteiger partial charge is 0.252 e. The number of nitrogen functional groups attached to an aromatic ring is 1. The van der Waals surface area contributed by atoms with Gasteiger partial charge in [-0.3, -0.25) is 4.79 Å². The molecule has 1 saturated heterocycles. The van der Waals surface area contributed by atoms with Gasteiger partial charge in [-0.1, -0.05) is 24.6 Å². The molecule has 3 N–H and O–H groups in total. The number of anilines is 1. The largest absolute Gasteiger partial charge is 0.398 e. The summed E-state index contributed by atoms with van der Waals surface area (Å²) < 4.78 is 0. The van der Waals surface area contributed by atoms with Gasteiger partial charge >= 0.3 is 0 Å². The Labute approximate surface area is 131 Å². The predicted octanol–water partition coefficient (Wildman–Crippen LogP) is 2.77. The molecule has 21 heavy (non-hydrogen) atoms. The molecule has 1 aromatic rings. The molecule has 0 unspecified atom stereocenters. The topological polar surface area (TPSA) is 58.4 Å². The summed E-state index contributed by atoms with van der Waals surface area (Å²) in [5.74, 6) is 0.700. The van der Waals surface area contributed by atoms with Gasteiger partial charge in [-0.2, -0.15) is 0 Å². The number of amides is 1. The normalized spacial score (nSPS) is 16.9. The fraction of sp³-hybridized carbons (Fsp3) is 0.562. The number of likely N-dealkylation sites (tertiary alicyclic amines) is 1. The van der Waals surface area contributed by atoms with Crippen molar-refractivity contribution in [3.05, 3.63) is 28.8 Å². The van der Waals surface area contributed by atoms with Crippen LogP contribution >= 0.6 is 11.6 Å². The number of carbonyl (C=O) groups is 1. The fourth-order valence-corrected chi connectivity index (χ4v) is 2.82. The van der Waals surface area contributed by atoms with Crippen LogP contribution in [0, 0.1) is 5.92 Å². The Balaban J connectivity index is 1.71. The number of carbonyl (C=O) groups excluding carboxylic acids is 1. The van der Waals surface area contributed by atoms with Crippen LogP contribution in [0.15, 0.2) is 18.2 Å². The third-order valence-electron chi connectivity index (χ3n) is 4.09. The van der Waals surface area contributed by atoms with Crippen LogP contribution in [-0.4, -0.2) is 37.0 Å². The summed E-state index contributed by atoms with van der Waals surface area (Å²) in [7, 11) is 0. The molecule has 1 aliphatic heterocycles. The summed E-state index contributed by atoms with van der Waals surface area (Å²) in [4.78, 5) is 14.5. The van der Waals surface area contributed by atoms with Crippen molar-refractivity contribution < 1.29 is 4.79 Å². The maximum atomic E-state index is 12.0. The van der Waals surface area contributed by atoms with Crippen molar-refractivity contribution in [2.45, 2.75) is 26.2 Å². The van der Waals surface area contributed by atoms with Crippen LogP contribution in [0.4, 0.5) is 5.69 Å². The molecule has 2 rings (SSSR count). The molecule has 0 radical (unpaired) electrons. The van der Waals surface area contributed by atoms with Gasteiger partial charge in [-0.05, 0) is 56.9 Å². The van der Waals surface area contributed by atoms with Gasteiger partial charge in [0.2, 0.25) is 0 Å². The van der Waals surface area contributed by atoms with E-state index < -0.39 is 0 Å². The summed E-state index contributed by atoms with van der Waals surface area (Å²) in [6.07, 6.45) is 3.52. The molecule has 5 heteroatoms. The number of benzene rings is 1. The summed E-state index contributed by atoms with van der Waals surface area (Å²) in [5.41, 5.74) is 6.59. The van der Waals surface area contributed by atoms with E-state index in [1.54, 1.807) is 18.2 Å². The number of hydrogen-bond donors (Lipinski definition) is 2. The number of rotatable bonds is 5. The third kappa shape index (κ3) is 4.61. The first-order valence-corrected chi connectivity index (χ1v) is 8.00. The van der Waals surface area contributed by atoms with Gasteiger partial charge in [0.25, 0.3) is 5.91 Å². The average molecular weight is 310 g/mol. The highest BCUT2D eigenvalue weighted by molar-refractivity contribution is 6.36. The Hall–Kier alpha value is -1.26. The summed E-state index contributed by atoms with van der Waals surface area (Å²) >= 11 is 6.04. The van der Waals surface area contributed by atoms with Gasteiger partial charge in [0.15, 0.2) is 0 Å². The van der Waals surface area contributed by atoms with E-state index >= 15 is 0 Å². The van der Waals surface area contributed by atoms with Crippen molar-refractivity contribution in [3.63, 3.8) is 0 Å². The van der Waals surface area contributed by atoms with Gasteiger partial charge in [-0.15, -0.1) is 0 Å². The number of hydrogen-bond acceptors (Lipinski definition) is 3. The zero-order chi connectivity index (χ0) is 15.2. The molecule has 0 atom stereocenters. The Morgan fingerprint density at radius 1 is 1.43 bits per heavy atom. The summed E-state index contributed by atoms with van der Waals surface area (Å²) in [6.45, 7) is 6.37. The second-order valence-corrected chi connectivity index (χ2v) is 6.22. The van der Waals surface area contributed by atoms with Crippen molar-refractivity contribution >= 4 is 23.2 Å². The van der Waals surface area contributed by atoms with Gasteiger partial charge in [0.05, 0.1) is 16.3 Å². The Morgan fingerprint density at radius 2 is 2.14 bits per heavy atom. The van der Waals surface area contributed by atoms with Gasteiger partial charge in [0.1, 0.15) is 0 Å². The first-order chi connectivity index (χ1) is 10.1. The standard InChI is InChI=1S/C16H24ClN3O/c1-12-6-10-20(11-7-12)9-3-8-19-16(21)13-4-2-5-14(18)15(13)17/h2,4-5,12H,3,6-11,18H2,1H3,(H,19,21). The van der Waals surface area contributed by atoms with E-state index in [1.165, 1.54) is 25.9 Å². The molecular formula is C16H24ClN3O. The SMILES string of the molecule is CC1CCN(CCCNC(=O)c2cccc(N)c2Cl)CC1. The van der Waals surface area contributed by atoms with Crippen LogP contribution in [-0.2, 0) is 0 Å². The van der Waals surface area contributed by atoms with Crippen LogP contribution in [0.5, 0.6) is 0 Å². The van der Waals surface area contributed by atoms with Crippen molar-refractivity contribution in [1.82, 2.24) is 10.2 Å². The van der Waals surface area contributed by atoms with E-state index in [0.717, 1.165) is 18.9 Å². The average Bonchev–Trinajstić information content (AvgIpc) is 2.48. The van der Waals surface area contributed by atoms with Crippen molar-refractivity contribution in [2.75, 3.05) is 31.9 Å². The molecular weight excluding hydrogens is 286 g/mol. The molecule has 1 amide bonds. The highest BCUT2D eigenvalue weighted by Gasteiger charge is 2.15. The Bertz CT molecular complexity index is 484. The van der Waals surface area contributed by atoms with E-state index in [9.17, 15) is 4.79 Å². The van der Waals surface area contributed by atoms with Crippen LogP contribution < -0.4 is 11.1 Å². The van der Waals surface area contributed by atoms with E-state index in [2.05, 4.69) is 17.1 Å². The monoisotopic (exact) mass is 309 g/mol. The molecule has 0 spiro atoms. The molecule has 1 heterocycles. The summed E-state index contributed by atoms with van der Waals surface area (Å²) in [5, 5.41) is 3.24. The fourth-order valence-electron chi connectivity index (χ4n) is 2.61. The number of nitrogens with two attached hydrogens (primary N) is 1. The third-order valence-corrected chi connectivity index (χ3v) is 4.51. The minimum absolute atomic E-state index is 0.153. The minimum atomic E-state index is -0.153. The number of halogens is 1. The van der Waals surface area contributed by atoms with Crippen molar-refractivity contribution in [1.29, 1.82) is 0 Å². The molecule has 116 valence electrons. The molecule has 1 aromatic carbocycles. The second-order valence-electron chi connectivity index (χ2n) is 5.84. The van der Waals surface area contributed by atoms with Crippen LogP contribution in [0.25, 0.3) is 0 Å². The van der Waals surface area contributed by atoms with E-state index in [0.29, 0.717) is 22.8 Å². The zero-order valence-corrected chi connectivity index (χ0v) is 13.3. The predicted molar refractivity (Wildman–Crippen MR) is 87.7 cm³/mol. The molecule has 0 aliphatic carbocycles. The maximum absolute atomic E-state index is 12.0. The van der Waals surface area contributed by atoms with E-state index in [4.69, 9.17) is 17.3 Å². The Morgan fingerprint density at radius 3 is 2.86 bits per heavy atom. The van der Waals surface area contributed by atoms with Gasteiger partial charge in [-0.25, -0.2) is 0 Å². The van der Waals surface area contributed by atoms with Crippen molar-refractivity contribution in [2.24, 2.45) is 5.92 Å². The zero-order valence-electron chi connectivity index (χ0n) is 12.6. The first kappa shape index (κ1) is 16.1. The van der Waals surface area contributed by atoms with E-state index in [-0.39, 0.29) is 5.91 Å². The van der Waals surface area contributed by atoms with Crippen LogP contribution in [0.3, 0.4) is 0 Å². The van der Waals surface area contributed by atoms with E-state index in [1.807, 2.05) is 0 Å². The van der Waals surface area contributed by atoms with Gasteiger partial charge < -0.3 is 16.0 Å². The molecule has 1 aliphatic rings. The quantitative estimate of drug-likeness (QED) is 0.649. The lowest BCUT2D eigenvalue weighted by molar-refractivity contribution is 0.0951. The molecule has 0 aromatic heterocycles. The highest BCUT2D eigenvalue weighted by atomic mass is 35.5. The van der Waals surface area contributed by atoms with Crippen LogP contribution in [0.2, 0.25) is 5.02 Å². The summed E-state index contributed by atoms with van der Waals surface area (Å²) in [6, 6.07) is 5.13. The van der Waals surface area contributed by atoms with Crippen molar-refractivity contribution in [3.8, 4) is 0 Å². The molecule has 0 saturated carbocycles. The maximum Gasteiger partial charge on any atom is 0.252 e. The lowest BCUT2D eigenvalue weighted by Gasteiger charge is -2.30. The minimum Gasteiger partial charge on any atom is -0.398 e. The molecule has 0 bridgehead atoms. The lowest BCUT2D eigenvalue weighted by Crippen LogP contribution is -2.35. The number of nitrogens with zero attached hydrogens (tertiary/aromatic N) is 1. The first-order valence-electron chi connectivity index (χ1n) is 7.62. The van der Waals surface area contributed by atoms with Gasteiger partial charge in [0, 0.05) is 6.54 Å². The second kappa shape index (κ2) is 7.66. The van der Waals surface area contributed by atoms with Crippen LogP contribution in [0.1, 0.15) is 36.5 Å². The lowest BCUT2D eigenvalue weighted by atomic mass is 9.99. The molecule has 1 fully saturated rings. The highest BCUT2D eigenvalue weighted by Crippen LogP contribution is 2.22. The Kier molecular flexibility index (Phi) is 5.88. The molecule has 4 nitrogen and oxygen atoms in total. The number of nitrogens with one attached hydrogen (secondary N) is 1. The number of piperidine rings is 1.